The van der Waals surface area contributed by atoms with Gasteiger partial charge in [-0.3, -0.25) is 13.9 Å². The van der Waals surface area contributed by atoms with Gasteiger partial charge in [0.15, 0.2) is 11.8 Å². The molecule has 1 unspecified atom stereocenters. The number of aromatic amines is 1. The molecule has 0 aliphatic heterocycles. The second-order valence-electron chi connectivity index (χ2n) is 9.40. The first-order valence-electron chi connectivity index (χ1n) is 13.5. The zero-order valence-corrected chi connectivity index (χ0v) is 23.0. The number of fused-ring (bicyclic) bond motifs is 1. The highest BCUT2D eigenvalue weighted by molar-refractivity contribution is 5.75. The van der Waals surface area contributed by atoms with Crippen LogP contribution in [0.3, 0.4) is 0 Å². The van der Waals surface area contributed by atoms with Crippen molar-refractivity contribution in [2.24, 2.45) is 0 Å². The summed E-state index contributed by atoms with van der Waals surface area (Å²) in [6, 6.07) is 14.7. The van der Waals surface area contributed by atoms with E-state index in [4.69, 9.17) is 14.0 Å². The quantitative estimate of drug-likeness (QED) is 0.247. The third kappa shape index (κ3) is 5.14. The first kappa shape index (κ1) is 26.9. The van der Waals surface area contributed by atoms with Crippen LogP contribution in [0.25, 0.3) is 34.0 Å². The van der Waals surface area contributed by atoms with Crippen LogP contribution in [0.2, 0.25) is 0 Å². The van der Waals surface area contributed by atoms with Crippen LogP contribution in [-0.4, -0.2) is 36.4 Å². The Balaban J connectivity index is 1.38. The van der Waals surface area contributed by atoms with Gasteiger partial charge in [-0.25, -0.2) is 9.78 Å². The standard InChI is InChI=1S/C29H32N6O5/c1-5-16-34-26-23(28(36)35(17-6-2)29(34)37)30-24(31-26)18-8-14-21(15-9-18)39-22(7-3)25-32-27(40-33-25)19-10-12-20(38-4)13-11-19/h8-15,22H,5-7,16-17H2,1-4H3,(H,30,31). The van der Waals surface area contributed by atoms with Gasteiger partial charge in [0.2, 0.25) is 5.82 Å². The number of aromatic nitrogens is 6. The fraction of sp³-hybridized carbons (Fsp3) is 0.345. The smallest absolute Gasteiger partial charge is 0.332 e. The monoisotopic (exact) mass is 544 g/mol. The Hall–Kier alpha value is -4.67. The number of methoxy groups -OCH3 is 1. The molecule has 5 aromatic rings. The molecule has 40 heavy (non-hydrogen) atoms. The first-order chi connectivity index (χ1) is 19.5. The van der Waals surface area contributed by atoms with Gasteiger partial charge in [0.05, 0.1) is 7.11 Å². The Bertz CT molecular complexity index is 1710. The number of aryl methyl sites for hydroxylation is 1. The number of benzene rings is 2. The van der Waals surface area contributed by atoms with E-state index in [2.05, 4.69) is 20.1 Å². The number of nitrogens with one attached hydrogen (secondary N) is 1. The molecule has 0 fully saturated rings. The molecule has 0 amide bonds. The summed E-state index contributed by atoms with van der Waals surface area (Å²) in [5, 5.41) is 4.13. The SMILES string of the molecule is CCCn1c(=O)c2[nH]c(-c3ccc(OC(CC)c4noc(-c5ccc(OC)cc5)n4)cc3)nc2n(CCC)c1=O. The molecule has 0 radical (unpaired) electrons. The van der Waals surface area contributed by atoms with Gasteiger partial charge in [-0.15, -0.1) is 0 Å². The molecule has 1 N–H and O–H groups in total. The average Bonchev–Trinajstić information content (AvgIpc) is 3.65. The second kappa shape index (κ2) is 11.6. The molecule has 3 heterocycles. The Morgan fingerprint density at radius 3 is 2.17 bits per heavy atom. The number of rotatable bonds is 11. The average molecular weight is 545 g/mol. The molecular formula is C29H32N6O5. The highest BCUT2D eigenvalue weighted by Crippen LogP contribution is 2.28. The maximum atomic E-state index is 13.0. The molecule has 11 nitrogen and oxygen atoms in total. The number of ether oxygens (including phenoxy) is 2. The summed E-state index contributed by atoms with van der Waals surface area (Å²) in [5.41, 5.74) is 1.56. The molecule has 0 spiro atoms. The number of hydrogen-bond acceptors (Lipinski definition) is 8. The number of hydrogen-bond donors (Lipinski definition) is 1. The largest absolute Gasteiger partial charge is 0.497 e. The summed E-state index contributed by atoms with van der Waals surface area (Å²) in [6.07, 6.45) is 1.65. The lowest BCUT2D eigenvalue weighted by molar-refractivity contribution is 0.186. The minimum absolute atomic E-state index is 0.327. The number of nitrogens with zero attached hydrogens (tertiary/aromatic N) is 5. The second-order valence-corrected chi connectivity index (χ2v) is 9.40. The predicted molar refractivity (Wildman–Crippen MR) is 151 cm³/mol. The fourth-order valence-corrected chi connectivity index (χ4v) is 4.54. The minimum atomic E-state index is -0.409. The number of imidazole rings is 1. The van der Waals surface area contributed by atoms with Gasteiger partial charge < -0.3 is 19.0 Å². The summed E-state index contributed by atoms with van der Waals surface area (Å²) in [5.74, 6) is 2.72. The van der Waals surface area contributed by atoms with Crippen LogP contribution in [0.5, 0.6) is 11.5 Å². The molecule has 208 valence electrons. The van der Waals surface area contributed by atoms with Gasteiger partial charge in [0.25, 0.3) is 11.4 Å². The van der Waals surface area contributed by atoms with E-state index in [1.807, 2.05) is 69.3 Å². The van der Waals surface area contributed by atoms with Crippen molar-refractivity contribution in [3.8, 4) is 34.3 Å². The summed E-state index contributed by atoms with van der Waals surface area (Å²) in [7, 11) is 1.61. The van der Waals surface area contributed by atoms with Crippen molar-refractivity contribution in [1.29, 1.82) is 0 Å². The van der Waals surface area contributed by atoms with Crippen LogP contribution in [-0.2, 0) is 13.1 Å². The zero-order chi connectivity index (χ0) is 28.2. The minimum Gasteiger partial charge on any atom is -0.497 e. The van der Waals surface area contributed by atoms with Crippen molar-refractivity contribution in [2.45, 2.75) is 59.2 Å². The fourth-order valence-electron chi connectivity index (χ4n) is 4.54. The van der Waals surface area contributed by atoms with Crippen molar-refractivity contribution in [1.82, 2.24) is 29.2 Å². The highest BCUT2D eigenvalue weighted by atomic mass is 16.5. The van der Waals surface area contributed by atoms with Gasteiger partial charge in [0.1, 0.15) is 22.8 Å². The molecule has 5 rings (SSSR count). The van der Waals surface area contributed by atoms with E-state index in [0.29, 0.717) is 60.4 Å². The van der Waals surface area contributed by atoms with Crippen LogP contribution >= 0.6 is 0 Å². The van der Waals surface area contributed by atoms with Gasteiger partial charge >= 0.3 is 5.69 Å². The molecule has 0 saturated heterocycles. The lowest BCUT2D eigenvalue weighted by Crippen LogP contribution is -2.40. The Kier molecular flexibility index (Phi) is 7.81. The molecule has 0 saturated carbocycles. The van der Waals surface area contributed by atoms with Crippen molar-refractivity contribution < 1.29 is 14.0 Å². The predicted octanol–water partition coefficient (Wildman–Crippen LogP) is 4.96. The first-order valence-corrected chi connectivity index (χ1v) is 13.5. The van der Waals surface area contributed by atoms with Crippen LogP contribution < -0.4 is 20.7 Å². The van der Waals surface area contributed by atoms with Crippen molar-refractivity contribution >= 4 is 11.2 Å². The Labute approximate surface area is 230 Å². The van der Waals surface area contributed by atoms with E-state index in [1.165, 1.54) is 4.57 Å². The van der Waals surface area contributed by atoms with E-state index in [1.54, 1.807) is 11.7 Å². The molecule has 11 heteroatoms. The van der Waals surface area contributed by atoms with Crippen LogP contribution in [0.1, 0.15) is 52.0 Å². The van der Waals surface area contributed by atoms with Crippen LogP contribution in [0.4, 0.5) is 0 Å². The maximum Gasteiger partial charge on any atom is 0.332 e. The summed E-state index contributed by atoms with van der Waals surface area (Å²) < 4.78 is 19.7. The lowest BCUT2D eigenvalue weighted by Gasteiger charge is -2.14. The van der Waals surface area contributed by atoms with Gasteiger partial charge in [-0.05, 0) is 67.8 Å². The highest BCUT2D eigenvalue weighted by Gasteiger charge is 2.21. The Morgan fingerprint density at radius 1 is 0.875 bits per heavy atom. The summed E-state index contributed by atoms with van der Waals surface area (Å²) >= 11 is 0. The number of H-pyrrole nitrogens is 1. The van der Waals surface area contributed by atoms with E-state index in [-0.39, 0.29) is 11.2 Å². The van der Waals surface area contributed by atoms with E-state index < -0.39 is 6.10 Å². The molecular weight excluding hydrogens is 512 g/mol. The van der Waals surface area contributed by atoms with E-state index >= 15 is 0 Å². The molecule has 1 atom stereocenters. The Morgan fingerprint density at radius 2 is 1.52 bits per heavy atom. The zero-order valence-electron chi connectivity index (χ0n) is 23.0. The van der Waals surface area contributed by atoms with E-state index in [0.717, 1.165) is 23.3 Å². The molecule has 0 aliphatic carbocycles. The summed E-state index contributed by atoms with van der Waals surface area (Å²) in [4.78, 5) is 38.3. The summed E-state index contributed by atoms with van der Waals surface area (Å²) in [6.45, 7) is 6.74. The van der Waals surface area contributed by atoms with Crippen molar-refractivity contribution in [2.75, 3.05) is 7.11 Å². The molecule has 2 aromatic carbocycles. The third-order valence-electron chi connectivity index (χ3n) is 6.60. The lowest BCUT2D eigenvalue weighted by atomic mass is 10.2. The van der Waals surface area contributed by atoms with Gasteiger partial charge in [0, 0.05) is 24.2 Å². The van der Waals surface area contributed by atoms with E-state index in [9.17, 15) is 9.59 Å². The normalized spacial score (nSPS) is 12.1. The van der Waals surface area contributed by atoms with Crippen LogP contribution in [0, 0.1) is 0 Å². The molecule has 0 bridgehead atoms. The van der Waals surface area contributed by atoms with Crippen LogP contribution in [0.15, 0.2) is 62.6 Å². The third-order valence-corrected chi connectivity index (χ3v) is 6.60. The maximum absolute atomic E-state index is 13.0. The molecule has 0 aliphatic rings. The topological polar surface area (TPSA) is 130 Å². The molecule has 3 aromatic heterocycles. The van der Waals surface area contributed by atoms with Gasteiger partial charge in [-0.2, -0.15) is 4.98 Å². The van der Waals surface area contributed by atoms with Crippen molar-refractivity contribution in [3.63, 3.8) is 0 Å². The van der Waals surface area contributed by atoms with Gasteiger partial charge in [-0.1, -0.05) is 25.9 Å². The van der Waals surface area contributed by atoms with Crippen molar-refractivity contribution in [3.05, 3.63) is 75.2 Å².